The average molecular weight is 479 g/mol. The van der Waals surface area contributed by atoms with Crippen LogP contribution in [0.2, 0.25) is 0 Å². The van der Waals surface area contributed by atoms with Gasteiger partial charge in [-0.1, -0.05) is 0 Å². The molecule has 0 aromatic carbocycles. The van der Waals surface area contributed by atoms with Crippen molar-refractivity contribution in [3.8, 4) is 0 Å². The topological polar surface area (TPSA) is 98.7 Å². The number of rotatable bonds is 1. The Balaban J connectivity index is -0.000000133. The number of hydrogen-bond acceptors (Lipinski definition) is 6. The minimum Gasteiger partial charge on any atom is -0.542 e. The van der Waals surface area contributed by atoms with Gasteiger partial charge in [-0.15, -0.1) is 0 Å². The SMILES string of the molecule is CC(C)(C)OOC(C)(C)C.O=C([O-])C(F)(F)F.O=C([O-])C(F)(F)F.[Pd+2]. The van der Waals surface area contributed by atoms with E-state index in [9.17, 15) is 26.3 Å². The van der Waals surface area contributed by atoms with Crippen LogP contribution < -0.4 is 10.2 Å². The molecule has 0 spiro atoms. The van der Waals surface area contributed by atoms with Crippen LogP contribution in [0.1, 0.15) is 41.5 Å². The predicted octanol–water partition coefficient (Wildman–Crippen LogP) is 1.13. The molecule has 0 amide bonds. The summed E-state index contributed by atoms with van der Waals surface area (Å²) in [6.45, 7) is 11.7. The fourth-order valence-corrected chi connectivity index (χ4v) is 0.250. The number of alkyl halides is 6. The minimum absolute atomic E-state index is 0. The van der Waals surface area contributed by atoms with E-state index in [1.54, 1.807) is 0 Å². The Morgan fingerprint density at radius 1 is 0.640 bits per heavy atom. The third-order valence-corrected chi connectivity index (χ3v) is 1.00. The molecule has 0 saturated carbocycles. The van der Waals surface area contributed by atoms with Crippen LogP contribution in [0.25, 0.3) is 0 Å². The van der Waals surface area contributed by atoms with Crippen LogP contribution in [0.3, 0.4) is 0 Å². The van der Waals surface area contributed by atoms with E-state index in [-0.39, 0.29) is 31.6 Å². The maximum absolute atomic E-state index is 10.5. The number of halogens is 6. The van der Waals surface area contributed by atoms with E-state index in [1.165, 1.54) is 0 Å². The molecule has 0 aromatic heterocycles. The maximum atomic E-state index is 10.5. The van der Waals surface area contributed by atoms with Gasteiger partial charge in [0.2, 0.25) is 0 Å². The molecule has 0 aromatic rings. The van der Waals surface area contributed by atoms with Crippen LogP contribution in [0.15, 0.2) is 0 Å². The summed E-state index contributed by atoms with van der Waals surface area (Å²) in [5.74, 6) is -6.01. The van der Waals surface area contributed by atoms with Crippen molar-refractivity contribution >= 4 is 11.9 Å². The van der Waals surface area contributed by atoms with E-state index in [0.29, 0.717) is 0 Å². The van der Waals surface area contributed by atoms with Gasteiger partial charge in [0, 0.05) is 0 Å². The Bertz CT molecular complexity index is 357. The van der Waals surface area contributed by atoms with E-state index < -0.39 is 24.3 Å². The summed E-state index contributed by atoms with van der Waals surface area (Å²) >= 11 is 0. The Morgan fingerprint density at radius 3 is 0.800 bits per heavy atom. The molecule has 0 rings (SSSR count). The number of hydrogen-bond donors (Lipinski definition) is 0. The molecule has 0 atom stereocenters. The molecule has 6 nitrogen and oxygen atoms in total. The van der Waals surface area contributed by atoms with E-state index in [4.69, 9.17) is 29.6 Å². The molecule has 0 aliphatic heterocycles. The molecule has 0 heterocycles. The van der Waals surface area contributed by atoms with Gasteiger partial charge in [0.05, 0.1) is 11.2 Å². The number of aliphatic carboxylic acids is 2. The van der Waals surface area contributed by atoms with Crippen molar-refractivity contribution in [2.45, 2.75) is 65.1 Å². The second-order valence-electron chi connectivity index (χ2n) is 5.96. The Kier molecular flexibility index (Phi) is 14.9. The van der Waals surface area contributed by atoms with Crippen LogP contribution in [-0.2, 0) is 39.8 Å². The first kappa shape index (κ1) is 31.8. The van der Waals surface area contributed by atoms with Gasteiger partial charge in [-0.2, -0.15) is 26.3 Å². The van der Waals surface area contributed by atoms with Gasteiger partial charge in [0.25, 0.3) is 0 Å². The van der Waals surface area contributed by atoms with Crippen LogP contribution >= 0.6 is 0 Å². The summed E-state index contributed by atoms with van der Waals surface area (Å²) < 4.78 is 63.1. The van der Waals surface area contributed by atoms with Crippen molar-refractivity contribution in [3.63, 3.8) is 0 Å². The summed E-state index contributed by atoms with van der Waals surface area (Å²) in [6, 6.07) is 0. The van der Waals surface area contributed by atoms with Crippen molar-refractivity contribution in [2.24, 2.45) is 0 Å². The van der Waals surface area contributed by atoms with Crippen LogP contribution in [0, 0.1) is 0 Å². The standard InChI is InChI=1S/C8H18O2.2C2HF3O2.Pd/c1-7(2,3)9-10-8(4,5)6;2*3-2(4,5)1(6)7;/h1-6H3;2*(H,6,7);/q;;;+2/p-2. The number of carbonyl (C=O) groups excluding carboxylic acids is 2. The van der Waals surface area contributed by atoms with Crippen molar-refractivity contribution in [1.29, 1.82) is 0 Å². The van der Waals surface area contributed by atoms with Crippen LogP contribution in [0.4, 0.5) is 26.3 Å². The normalized spacial score (nSPS) is 11.8. The molecule has 0 saturated heterocycles. The van der Waals surface area contributed by atoms with Gasteiger partial charge in [0.1, 0.15) is 11.9 Å². The Hall–Kier alpha value is -0.898. The van der Waals surface area contributed by atoms with Crippen molar-refractivity contribution < 1.29 is 76.3 Å². The number of carboxylic acid groups (broad SMARTS) is 2. The Morgan fingerprint density at radius 2 is 0.760 bits per heavy atom. The zero-order valence-electron chi connectivity index (χ0n) is 14.0. The fourth-order valence-electron chi connectivity index (χ4n) is 0.250. The summed E-state index contributed by atoms with van der Waals surface area (Å²) in [6.07, 6.45) is -10.4. The molecular weight excluding hydrogens is 461 g/mol. The molecule has 0 aliphatic rings. The van der Waals surface area contributed by atoms with Crippen LogP contribution in [0.5, 0.6) is 0 Å². The van der Waals surface area contributed by atoms with E-state index in [1.807, 2.05) is 41.5 Å². The number of carbonyl (C=O) groups is 2. The number of carboxylic acids is 2. The van der Waals surface area contributed by atoms with Gasteiger partial charge >= 0.3 is 32.8 Å². The van der Waals surface area contributed by atoms with Crippen molar-refractivity contribution in [2.75, 3.05) is 0 Å². The molecule has 0 fully saturated rings. The molecule has 0 radical (unpaired) electrons. The van der Waals surface area contributed by atoms with E-state index in [0.717, 1.165) is 0 Å². The molecule has 0 aliphatic carbocycles. The molecular formula is C12H18F6O6Pd. The average Bonchev–Trinajstić information content (AvgIpc) is 2.23. The van der Waals surface area contributed by atoms with Crippen molar-refractivity contribution in [3.05, 3.63) is 0 Å². The quantitative estimate of drug-likeness (QED) is 0.242. The smallest absolute Gasteiger partial charge is 0.542 e. The zero-order chi connectivity index (χ0) is 20.6. The molecule has 154 valence electrons. The second kappa shape index (κ2) is 11.7. The minimum atomic E-state index is -5.19. The molecule has 0 bridgehead atoms. The molecule has 0 unspecified atom stereocenters. The third kappa shape index (κ3) is 31.4. The fraction of sp³-hybridized carbons (Fsp3) is 0.833. The Labute approximate surface area is 154 Å². The predicted molar refractivity (Wildman–Crippen MR) is 63.8 cm³/mol. The van der Waals surface area contributed by atoms with E-state index in [2.05, 4.69) is 0 Å². The largest absolute Gasteiger partial charge is 2.00 e. The first-order valence-electron chi connectivity index (χ1n) is 6.03. The van der Waals surface area contributed by atoms with Gasteiger partial charge in [-0.05, 0) is 41.5 Å². The molecule has 25 heavy (non-hydrogen) atoms. The van der Waals surface area contributed by atoms with Gasteiger partial charge in [-0.3, -0.25) is 0 Å². The van der Waals surface area contributed by atoms with Gasteiger partial charge in [-0.25, -0.2) is 9.78 Å². The maximum Gasteiger partial charge on any atom is 2.00 e. The second-order valence-corrected chi connectivity index (χ2v) is 5.96. The molecule has 13 heteroatoms. The first-order valence-corrected chi connectivity index (χ1v) is 6.03. The van der Waals surface area contributed by atoms with Crippen molar-refractivity contribution in [1.82, 2.24) is 0 Å². The van der Waals surface area contributed by atoms with Gasteiger partial charge < -0.3 is 19.8 Å². The summed E-state index contributed by atoms with van der Waals surface area (Å²) in [7, 11) is 0. The van der Waals surface area contributed by atoms with E-state index >= 15 is 0 Å². The first-order chi connectivity index (χ1) is 10.1. The van der Waals surface area contributed by atoms with Crippen LogP contribution in [-0.4, -0.2) is 35.5 Å². The molecule has 0 N–H and O–H groups in total. The zero-order valence-corrected chi connectivity index (χ0v) is 15.6. The summed E-state index contributed by atoms with van der Waals surface area (Å²) in [5, 5.41) is 17.6. The monoisotopic (exact) mass is 478 g/mol. The summed E-state index contributed by atoms with van der Waals surface area (Å²) in [4.78, 5) is 27.8. The third-order valence-electron chi connectivity index (χ3n) is 1.00. The summed E-state index contributed by atoms with van der Waals surface area (Å²) in [5.41, 5.74) is -0.430. The van der Waals surface area contributed by atoms with Gasteiger partial charge in [0.15, 0.2) is 0 Å².